The standard InChI is InChI=1S/C11H15NO3S/c1-10(13)9-12-16(14,15)8-7-11-5-3-2-4-6-11/h2-8,10,12-13H,9H2,1H3/b8-7+/t10-/m0/s1. The molecule has 0 bridgehead atoms. The third-order valence-electron chi connectivity index (χ3n) is 1.82. The third-order valence-corrected chi connectivity index (χ3v) is 2.88. The van der Waals surface area contributed by atoms with E-state index in [-0.39, 0.29) is 6.54 Å². The van der Waals surface area contributed by atoms with Gasteiger partial charge in [-0.1, -0.05) is 30.3 Å². The van der Waals surface area contributed by atoms with Gasteiger partial charge in [0.05, 0.1) is 6.10 Å². The highest BCUT2D eigenvalue weighted by atomic mass is 32.2. The highest BCUT2D eigenvalue weighted by Gasteiger charge is 2.05. The van der Waals surface area contributed by atoms with Crippen molar-refractivity contribution in [3.63, 3.8) is 0 Å². The zero-order chi connectivity index (χ0) is 12.0. The van der Waals surface area contributed by atoms with Crippen molar-refractivity contribution in [3.05, 3.63) is 41.3 Å². The largest absolute Gasteiger partial charge is 0.392 e. The van der Waals surface area contributed by atoms with Gasteiger partial charge >= 0.3 is 0 Å². The average molecular weight is 241 g/mol. The molecule has 0 radical (unpaired) electrons. The van der Waals surface area contributed by atoms with Crippen LogP contribution in [0.2, 0.25) is 0 Å². The number of aliphatic hydroxyl groups is 1. The van der Waals surface area contributed by atoms with Gasteiger partial charge in [-0.05, 0) is 18.6 Å². The van der Waals surface area contributed by atoms with Crippen molar-refractivity contribution in [1.29, 1.82) is 0 Å². The van der Waals surface area contributed by atoms with Gasteiger partial charge in [0.15, 0.2) is 0 Å². The summed E-state index contributed by atoms with van der Waals surface area (Å²) in [6.07, 6.45) is 0.810. The lowest BCUT2D eigenvalue weighted by Crippen LogP contribution is -2.28. The molecule has 0 aliphatic rings. The number of aliphatic hydroxyl groups excluding tert-OH is 1. The van der Waals surface area contributed by atoms with Crippen molar-refractivity contribution in [2.45, 2.75) is 13.0 Å². The summed E-state index contributed by atoms with van der Waals surface area (Å²) in [6, 6.07) is 9.13. The van der Waals surface area contributed by atoms with Crippen LogP contribution in [0.5, 0.6) is 0 Å². The molecule has 0 aromatic heterocycles. The SMILES string of the molecule is C[C@H](O)CNS(=O)(=O)/C=C/c1ccccc1. The van der Waals surface area contributed by atoms with Crippen molar-refractivity contribution in [2.75, 3.05) is 6.54 Å². The highest BCUT2D eigenvalue weighted by molar-refractivity contribution is 7.92. The Morgan fingerprint density at radius 3 is 2.56 bits per heavy atom. The molecule has 0 aliphatic carbocycles. The highest BCUT2D eigenvalue weighted by Crippen LogP contribution is 2.02. The van der Waals surface area contributed by atoms with Crippen LogP contribution < -0.4 is 4.72 Å². The molecular weight excluding hydrogens is 226 g/mol. The van der Waals surface area contributed by atoms with Gasteiger partial charge in [0.25, 0.3) is 0 Å². The first-order valence-corrected chi connectivity index (χ1v) is 6.45. The molecule has 1 aromatic rings. The summed E-state index contributed by atoms with van der Waals surface area (Å²) >= 11 is 0. The van der Waals surface area contributed by atoms with Crippen LogP contribution in [-0.4, -0.2) is 26.2 Å². The molecule has 1 atom stereocenters. The van der Waals surface area contributed by atoms with Gasteiger partial charge in [-0.3, -0.25) is 0 Å². The molecule has 0 heterocycles. The minimum atomic E-state index is -3.47. The summed E-state index contributed by atoms with van der Waals surface area (Å²) in [7, 11) is -3.47. The van der Waals surface area contributed by atoms with Gasteiger partial charge in [0, 0.05) is 12.0 Å². The van der Waals surface area contributed by atoms with E-state index in [9.17, 15) is 8.42 Å². The lowest BCUT2D eigenvalue weighted by Gasteiger charge is -2.04. The van der Waals surface area contributed by atoms with E-state index in [0.29, 0.717) is 0 Å². The fourth-order valence-corrected chi connectivity index (χ4v) is 1.92. The van der Waals surface area contributed by atoms with Crippen molar-refractivity contribution < 1.29 is 13.5 Å². The lowest BCUT2D eigenvalue weighted by atomic mass is 10.2. The van der Waals surface area contributed by atoms with Crippen LogP contribution in [0.15, 0.2) is 35.7 Å². The van der Waals surface area contributed by atoms with Crippen LogP contribution in [0.4, 0.5) is 0 Å². The van der Waals surface area contributed by atoms with Crippen LogP contribution in [0, 0.1) is 0 Å². The van der Waals surface area contributed by atoms with Crippen molar-refractivity contribution in [3.8, 4) is 0 Å². The van der Waals surface area contributed by atoms with Gasteiger partial charge in [-0.15, -0.1) is 0 Å². The van der Waals surface area contributed by atoms with Crippen LogP contribution in [0.25, 0.3) is 6.08 Å². The van der Waals surface area contributed by atoms with E-state index in [1.54, 1.807) is 12.1 Å². The Bertz CT molecular complexity index is 438. The molecule has 0 aliphatic heterocycles. The molecule has 1 rings (SSSR count). The first kappa shape index (κ1) is 12.9. The Balaban J connectivity index is 2.63. The number of sulfonamides is 1. The molecule has 0 amide bonds. The molecule has 16 heavy (non-hydrogen) atoms. The maximum atomic E-state index is 11.4. The molecule has 0 saturated heterocycles. The van der Waals surface area contributed by atoms with Crippen LogP contribution in [0.1, 0.15) is 12.5 Å². The number of benzene rings is 1. The predicted molar refractivity (Wildman–Crippen MR) is 64.1 cm³/mol. The summed E-state index contributed by atoms with van der Waals surface area (Å²) < 4.78 is 25.1. The van der Waals surface area contributed by atoms with E-state index < -0.39 is 16.1 Å². The molecule has 88 valence electrons. The van der Waals surface area contributed by atoms with Crippen molar-refractivity contribution >= 4 is 16.1 Å². The van der Waals surface area contributed by atoms with E-state index in [1.807, 2.05) is 18.2 Å². The zero-order valence-corrected chi connectivity index (χ0v) is 9.81. The van der Waals surface area contributed by atoms with E-state index in [2.05, 4.69) is 4.72 Å². The molecule has 4 nitrogen and oxygen atoms in total. The Morgan fingerprint density at radius 1 is 1.38 bits per heavy atom. The maximum absolute atomic E-state index is 11.4. The molecule has 1 aromatic carbocycles. The quantitative estimate of drug-likeness (QED) is 0.807. The minimum absolute atomic E-state index is 0.0153. The van der Waals surface area contributed by atoms with Gasteiger partial charge in [0.2, 0.25) is 10.0 Å². The summed E-state index contributed by atoms with van der Waals surface area (Å²) in [4.78, 5) is 0. The maximum Gasteiger partial charge on any atom is 0.233 e. The van der Waals surface area contributed by atoms with Gasteiger partial charge in [0.1, 0.15) is 0 Å². The molecule has 5 heteroatoms. The molecule has 2 N–H and O–H groups in total. The molecular formula is C11H15NO3S. The fraction of sp³-hybridized carbons (Fsp3) is 0.273. The Hall–Kier alpha value is -1.17. The fourth-order valence-electron chi connectivity index (χ4n) is 1.02. The van der Waals surface area contributed by atoms with E-state index >= 15 is 0 Å². The van der Waals surface area contributed by atoms with Gasteiger partial charge in [-0.25, -0.2) is 13.1 Å². The summed E-state index contributed by atoms with van der Waals surface area (Å²) in [5.74, 6) is 0. The second-order valence-corrected chi connectivity index (χ2v) is 5.11. The van der Waals surface area contributed by atoms with Crippen LogP contribution >= 0.6 is 0 Å². The van der Waals surface area contributed by atoms with E-state index in [0.717, 1.165) is 11.0 Å². The van der Waals surface area contributed by atoms with E-state index in [4.69, 9.17) is 5.11 Å². The Labute approximate surface area is 95.7 Å². The predicted octanol–water partition coefficient (Wildman–Crippen LogP) is 0.958. The van der Waals surface area contributed by atoms with Crippen LogP contribution in [-0.2, 0) is 10.0 Å². The van der Waals surface area contributed by atoms with Crippen molar-refractivity contribution in [2.24, 2.45) is 0 Å². The first-order valence-electron chi connectivity index (χ1n) is 4.90. The first-order chi connectivity index (χ1) is 7.49. The van der Waals surface area contributed by atoms with Gasteiger partial charge in [-0.2, -0.15) is 0 Å². The summed E-state index contributed by atoms with van der Waals surface area (Å²) in [6.45, 7) is 1.53. The minimum Gasteiger partial charge on any atom is -0.392 e. The smallest absolute Gasteiger partial charge is 0.233 e. The monoisotopic (exact) mass is 241 g/mol. The summed E-state index contributed by atoms with van der Waals surface area (Å²) in [5, 5.41) is 10.0. The van der Waals surface area contributed by atoms with Crippen LogP contribution in [0.3, 0.4) is 0 Å². The second-order valence-electron chi connectivity index (χ2n) is 3.46. The average Bonchev–Trinajstić information content (AvgIpc) is 2.26. The Morgan fingerprint density at radius 2 is 2.00 bits per heavy atom. The third kappa shape index (κ3) is 5.06. The topological polar surface area (TPSA) is 66.4 Å². The molecule has 0 saturated carbocycles. The number of nitrogens with one attached hydrogen (secondary N) is 1. The Kier molecular flexibility index (Phi) is 4.67. The number of hydrogen-bond donors (Lipinski definition) is 2. The molecule has 0 spiro atoms. The summed E-state index contributed by atoms with van der Waals surface area (Å²) in [5.41, 5.74) is 0.810. The molecule has 0 fully saturated rings. The van der Waals surface area contributed by atoms with E-state index in [1.165, 1.54) is 13.0 Å². The number of rotatable bonds is 5. The number of hydrogen-bond acceptors (Lipinski definition) is 3. The lowest BCUT2D eigenvalue weighted by molar-refractivity contribution is 0.199. The van der Waals surface area contributed by atoms with Crippen molar-refractivity contribution in [1.82, 2.24) is 4.72 Å². The zero-order valence-electron chi connectivity index (χ0n) is 9.00. The molecule has 0 unspecified atom stereocenters. The van der Waals surface area contributed by atoms with Gasteiger partial charge < -0.3 is 5.11 Å². The normalized spacial score (nSPS) is 14.1. The second kappa shape index (κ2) is 5.79.